The normalized spacial score (nSPS) is 27.4. The first-order valence-electron chi connectivity index (χ1n) is 7.42. The molecule has 1 aliphatic rings. The first-order chi connectivity index (χ1) is 8.79. The van der Waals surface area contributed by atoms with E-state index in [1.807, 2.05) is 0 Å². The molecular weight excluding hydrogens is 224 g/mol. The van der Waals surface area contributed by atoms with Gasteiger partial charge in [0.1, 0.15) is 13.1 Å². The molecule has 0 amide bonds. The van der Waals surface area contributed by atoms with Gasteiger partial charge in [0.15, 0.2) is 6.17 Å². The van der Waals surface area contributed by atoms with E-state index in [2.05, 4.69) is 37.2 Å². The molecule has 2 atom stereocenters. The molecule has 1 rings (SSSR count). The second-order valence-electron chi connectivity index (χ2n) is 5.17. The Morgan fingerprint density at radius 2 is 2.11 bits per heavy atom. The highest BCUT2D eigenvalue weighted by Crippen LogP contribution is 2.23. The molecule has 0 aromatic heterocycles. The van der Waals surface area contributed by atoms with E-state index in [1.54, 1.807) is 0 Å². The van der Waals surface area contributed by atoms with E-state index in [4.69, 9.17) is 0 Å². The molecule has 0 aromatic carbocycles. The monoisotopic (exact) mass is 253 g/mol. The standard InChI is InChI=1S/C15H29N2O/c1-3-5-6-7-8-9-10-15-16-11-12-17(15,4-2)13-14-18/h6-7,11,15,18H,3-5,8-10,12-14H2,1-2H3/q+1/b7-6+. The Balaban J connectivity index is 2.33. The van der Waals surface area contributed by atoms with Crippen molar-refractivity contribution in [1.82, 2.24) is 0 Å². The molecule has 0 spiro atoms. The van der Waals surface area contributed by atoms with Crippen molar-refractivity contribution in [3.63, 3.8) is 0 Å². The summed E-state index contributed by atoms with van der Waals surface area (Å²) in [5.74, 6) is 0. The number of aliphatic hydroxyl groups excluding tert-OH is 1. The van der Waals surface area contributed by atoms with Crippen LogP contribution in [0.3, 0.4) is 0 Å². The number of nitrogens with zero attached hydrogens (tertiary/aromatic N) is 2. The van der Waals surface area contributed by atoms with Crippen molar-refractivity contribution in [2.24, 2.45) is 4.99 Å². The van der Waals surface area contributed by atoms with E-state index in [-0.39, 0.29) is 6.61 Å². The van der Waals surface area contributed by atoms with E-state index in [1.165, 1.54) is 19.3 Å². The van der Waals surface area contributed by atoms with E-state index < -0.39 is 0 Å². The summed E-state index contributed by atoms with van der Waals surface area (Å²) in [6.45, 7) is 7.58. The van der Waals surface area contributed by atoms with Gasteiger partial charge >= 0.3 is 0 Å². The average Bonchev–Trinajstić information content (AvgIpc) is 2.78. The van der Waals surface area contributed by atoms with Crippen LogP contribution in [0.25, 0.3) is 0 Å². The zero-order valence-corrected chi connectivity index (χ0v) is 12.0. The Bertz CT molecular complexity index is 276. The van der Waals surface area contributed by atoms with E-state index in [9.17, 15) is 5.11 Å². The number of aliphatic hydroxyl groups is 1. The van der Waals surface area contributed by atoms with Crippen LogP contribution in [0, 0.1) is 0 Å². The first-order valence-corrected chi connectivity index (χ1v) is 7.42. The molecule has 0 fully saturated rings. The lowest BCUT2D eigenvalue weighted by molar-refractivity contribution is -0.936. The molecule has 2 unspecified atom stereocenters. The fourth-order valence-electron chi connectivity index (χ4n) is 2.70. The fourth-order valence-corrected chi connectivity index (χ4v) is 2.70. The maximum Gasteiger partial charge on any atom is 0.182 e. The third kappa shape index (κ3) is 4.21. The number of unbranched alkanes of at least 4 members (excludes halogenated alkanes) is 2. The molecule has 1 N–H and O–H groups in total. The van der Waals surface area contributed by atoms with E-state index in [0.717, 1.165) is 37.0 Å². The van der Waals surface area contributed by atoms with E-state index >= 15 is 0 Å². The second kappa shape index (κ2) is 8.44. The van der Waals surface area contributed by atoms with Gasteiger partial charge in [0.2, 0.25) is 0 Å². The molecule has 3 nitrogen and oxygen atoms in total. The fraction of sp³-hybridized carbons (Fsp3) is 0.800. The van der Waals surface area contributed by atoms with Gasteiger partial charge in [-0.1, -0.05) is 25.5 Å². The zero-order chi connectivity index (χ0) is 13.3. The second-order valence-corrected chi connectivity index (χ2v) is 5.17. The molecule has 1 heterocycles. The molecule has 3 heteroatoms. The molecule has 18 heavy (non-hydrogen) atoms. The third-order valence-electron chi connectivity index (χ3n) is 3.99. The lowest BCUT2D eigenvalue weighted by Gasteiger charge is -2.37. The number of likely N-dealkylation sites (N-methyl/N-ethyl adjacent to an activating group) is 1. The van der Waals surface area contributed by atoms with Gasteiger partial charge in [-0.25, -0.2) is 4.99 Å². The molecule has 1 aliphatic heterocycles. The van der Waals surface area contributed by atoms with Crippen LogP contribution in [0.15, 0.2) is 17.1 Å². The van der Waals surface area contributed by atoms with Gasteiger partial charge in [-0.15, -0.1) is 0 Å². The lowest BCUT2D eigenvalue weighted by atomic mass is 10.1. The minimum atomic E-state index is 0.268. The number of hydrogen-bond acceptors (Lipinski definition) is 2. The van der Waals surface area contributed by atoms with Gasteiger partial charge in [0.25, 0.3) is 0 Å². The molecule has 0 saturated heterocycles. The summed E-state index contributed by atoms with van der Waals surface area (Å²) in [7, 11) is 0. The van der Waals surface area contributed by atoms with E-state index in [0.29, 0.717) is 6.17 Å². The molecule has 0 saturated carbocycles. The number of rotatable bonds is 9. The van der Waals surface area contributed by atoms with Gasteiger partial charge in [-0.3, -0.25) is 4.48 Å². The summed E-state index contributed by atoms with van der Waals surface area (Å²) < 4.78 is 0.954. The number of quaternary nitrogens is 1. The van der Waals surface area contributed by atoms with Crippen LogP contribution >= 0.6 is 0 Å². The van der Waals surface area contributed by atoms with Gasteiger partial charge in [-0.2, -0.15) is 0 Å². The van der Waals surface area contributed by atoms with Crippen LogP contribution in [-0.2, 0) is 0 Å². The SMILES string of the molecule is CCC/C=C/CCCC1N=CC[N+]1(CC)CCO. The highest BCUT2D eigenvalue weighted by Gasteiger charge is 2.36. The maximum atomic E-state index is 9.23. The van der Waals surface area contributed by atoms with Gasteiger partial charge in [0, 0.05) is 6.42 Å². The van der Waals surface area contributed by atoms with Crippen LogP contribution in [-0.4, -0.2) is 48.2 Å². The van der Waals surface area contributed by atoms with Crippen LogP contribution < -0.4 is 0 Å². The predicted octanol–water partition coefficient (Wildman–Crippen LogP) is 2.75. The maximum absolute atomic E-state index is 9.23. The first kappa shape index (κ1) is 15.4. The Hall–Kier alpha value is -0.670. The van der Waals surface area contributed by atoms with Crippen molar-refractivity contribution >= 4 is 6.21 Å². The summed E-state index contributed by atoms with van der Waals surface area (Å²) >= 11 is 0. The number of allylic oxidation sites excluding steroid dienone is 2. The Morgan fingerprint density at radius 3 is 2.78 bits per heavy atom. The van der Waals surface area contributed by atoms with Crippen molar-refractivity contribution in [2.45, 2.75) is 52.1 Å². The van der Waals surface area contributed by atoms with Crippen LogP contribution in [0.2, 0.25) is 0 Å². The molecule has 104 valence electrons. The summed E-state index contributed by atoms with van der Waals surface area (Å²) in [6.07, 6.45) is 12.9. The smallest absolute Gasteiger partial charge is 0.182 e. The molecule has 0 bridgehead atoms. The summed E-state index contributed by atoms with van der Waals surface area (Å²) in [4.78, 5) is 4.62. The molecule has 0 radical (unpaired) electrons. The van der Waals surface area contributed by atoms with Gasteiger partial charge in [0.05, 0.1) is 19.4 Å². The third-order valence-corrected chi connectivity index (χ3v) is 3.99. The Kier molecular flexibility index (Phi) is 7.21. The highest BCUT2D eigenvalue weighted by molar-refractivity contribution is 5.60. The quantitative estimate of drug-likeness (QED) is 0.382. The van der Waals surface area contributed by atoms with Crippen molar-refractivity contribution in [2.75, 3.05) is 26.2 Å². The van der Waals surface area contributed by atoms with Crippen LogP contribution in [0.1, 0.15) is 46.0 Å². The minimum absolute atomic E-state index is 0.268. The van der Waals surface area contributed by atoms with Crippen LogP contribution in [0.4, 0.5) is 0 Å². The van der Waals surface area contributed by atoms with Gasteiger partial charge < -0.3 is 5.11 Å². The van der Waals surface area contributed by atoms with Crippen molar-refractivity contribution in [3.8, 4) is 0 Å². The predicted molar refractivity (Wildman–Crippen MR) is 77.8 cm³/mol. The minimum Gasteiger partial charge on any atom is -0.391 e. The lowest BCUT2D eigenvalue weighted by Crippen LogP contribution is -2.53. The Morgan fingerprint density at radius 1 is 1.33 bits per heavy atom. The highest BCUT2D eigenvalue weighted by atomic mass is 16.3. The number of hydrogen-bond donors (Lipinski definition) is 1. The summed E-state index contributed by atoms with van der Waals surface area (Å²) in [6, 6.07) is 0. The van der Waals surface area contributed by atoms with Crippen LogP contribution in [0.5, 0.6) is 0 Å². The molecular formula is C15H29N2O+. The topological polar surface area (TPSA) is 32.6 Å². The van der Waals surface area contributed by atoms with Crippen molar-refractivity contribution in [3.05, 3.63) is 12.2 Å². The summed E-state index contributed by atoms with van der Waals surface area (Å²) in [5, 5.41) is 9.23. The number of aliphatic imine (C=N–C) groups is 1. The van der Waals surface area contributed by atoms with Crippen molar-refractivity contribution in [1.29, 1.82) is 0 Å². The average molecular weight is 253 g/mol. The summed E-state index contributed by atoms with van der Waals surface area (Å²) in [5.41, 5.74) is 0. The Labute approximate surface area is 112 Å². The zero-order valence-electron chi connectivity index (χ0n) is 12.0. The molecule has 0 aromatic rings. The largest absolute Gasteiger partial charge is 0.391 e. The molecule has 0 aliphatic carbocycles. The van der Waals surface area contributed by atoms with Gasteiger partial charge in [-0.05, 0) is 26.2 Å². The van der Waals surface area contributed by atoms with Crippen molar-refractivity contribution < 1.29 is 9.59 Å².